The zero-order valence-corrected chi connectivity index (χ0v) is 14.7. The molecule has 2 aromatic heterocycles. The van der Waals surface area contributed by atoms with Crippen molar-refractivity contribution in [2.24, 2.45) is 0 Å². The van der Waals surface area contributed by atoms with Crippen LogP contribution in [0.1, 0.15) is 5.56 Å². The van der Waals surface area contributed by atoms with Crippen LogP contribution in [0.4, 0.5) is 0 Å². The second-order valence-electron chi connectivity index (χ2n) is 5.39. The van der Waals surface area contributed by atoms with Crippen molar-refractivity contribution in [3.8, 4) is 0 Å². The van der Waals surface area contributed by atoms with E-state index in [1.165, 1.54) is 15.9 Å². The number of hydrogen-bond donors (Lipinski definition) is 1. The Hall–Kier alpha value is -2.38. The van der Waals surface area contributed by atoms with Crippen molar-refractivity contribution < 1.29 is 5.21 Å². The molecule has 0 aliphatic heterocycles. The number of thiophene rings is 1. The van der Waals surface area contributed by atoms with Crippen LogP contribution in [0.5, 0.6) is 0 Å². The van der Waals surface area contributed by atoms with Crippen molar-refractivity contribution in [3.05, 3.63) is 79.4 Å². The molecule has 4 rings (SSSR count). The van der Waals surface area contributed by atoms with Crippen LogP contribution in [0.2, 0.25) is 0 Å². The highest BCUT2D eigenvalue weighted by Crippen LogP contribution is 2.31. The van der Waals surface area contributed by atoms with Crippen LogP contribution in [0.25, 0.3) is 20.3 Å². The molecule has 5 nitrogen and oxygen atoms in total. The lowest BCUT2D eigenvalue weighted by molar-refractivity contribution is 0.158. The standard InChI is InChI=1S/C17H11BrN2O3S/c18-11-5-3-4-10(8-11)9-19-14-12-6-1-2-7-13(12)24-15(14)16(21)20(23)17(19)22/h1-8,23H,9H2. The number of fused-ring (bicyclic) bond motifs is 3. The first-order valence-electron chi connectivity index (χ1n) is 7.17. The van der Waals surface area contributed by atoms with E-state index < -0.39 is 11.2 Å². The van der Waals surface area contributed by atoms with Crippen LogP contribution in [-0.2, 0) is 6.54 Å². The smallest absolute Gasteiger partial charge is 0.365 e. The fourth-order valence-electron chi connectivity index (χ4n) is 2.80. The molecule has 0 amide bonds. The first kappa shape index (κ1) is 15.2. The van der Waals surface area contributed by atoms with Crippen LogP contribution < -0.4 is 11.2 Å². The first-order chi connectivity index (χ1) is 11.6. The molecule has 0 saturated carbocycles. The maximum atomic E-state index is 12.5. The third-order valence-electron chi connectivity index (χ3n) is 3.87. The quantitative estimate of drug-likeness (QED) is 0.522. The van der Waals surface area contributed by atoms with Gasteiger partial charge in [-0.3, -0.25) is 9.36 Å². The van der Waals surface area contributed by atoms with Crippen molar-refractivity contribution in [2.45, 2.75) is 6.54 Å². The van der Waals surface area contributed by atoms with Crippen molar-refractivity contribution in [2.75, 3.05) is 0 Å². The summed E-state index contributed by atoms with van der Waals surface area (Å²) in [4.78, 5) is 24.8. The molecule has 0 aliphatic carbocycles. The molecule has 24 heavy (non-hydrogen) atoms. The van der Waals surface area contributed by atoms with E-state index in [0.29, 0.717) is 10.2 Å². The van der Waals surface area contributed by atoms with Gasteiger partial charge in [-0.15, -0.1) is 11.3 Å². The molecule has 0 atom stereocenters. The molecule has 0 aliphatic rings. The zero-order chi connectivity index (χ0) is 16.8. The van der Waals surface area contributed by atoms with Gasteiger partial charge < -0.3 is 5.21 Å². The fourth-order valence-corrected chi connectivity index (χ4v) is 4.38. The van der Waals surface area contributed by atoms with Gasteiger partial charge in [0.25, 0.3) is 0 Å². The van der Waals surface area contributed by atoms with Gasteiger partial charge in [0, 0.05) is 14.6 Å². The van der Waals surface area contributed by atoms with Gasteiger partial charge in [0.15, 0.2) is 0 Å². The van der Waals surface area contributed by atoms with E-state index in [1.54, 1.807) is 0 Å². The monoisotopic (exact) mass is 402 g/mol. The molecule has 2 aromatic carbocycles. The highest BCUT2D eigenvalue weighted by molar-refractivity contribution is 9.10. The minimum atomic E-state index is -0.740. The number of halogens is 1. The molecule has 0 unspecified atom stereocenters. The summed E-state index contributed by atoms with van der Waals surface area (Å²) in [6.45, 7) is 0.260. The SMILES string of the molecule is O=c1c2sc3ccccc3c2n(Cc2cccc(Br)c2)c(=O)n1O. The van der Waals surface area contributed by atoms with E-state index in [2.05, 4.69) is 15.9 Å². The number of nitrogens with zero attached hydrogens (tertiary/aromatic N) is 2. The van der Waals surface area contributed by atoms with Crippen molar-refractivity contribution in [1.82, 2.24) is 9.30 Å². The number of aromatic nitrogens is 2. The third kappa shape index (κ3) is 2.28. The normalized spacial score (nSPS) is 11.4. The zero-order valence-electron chi connectivity index (χ0n) is 12.3. The van der Waals surface area contributed by atoms with Crippen LogP contribution in [0.15, 0.2) is 62.6 Å². The van der Waals surface area contributed by atoms with Crippen LogP contribution in [-0.4, -0.2) is 14.5 Å². The van der Waals surface area contributed by atoms with Gasteiger partial charge in [-0.1, -0.05) is 51.0 Å². The predicted molar refractivity (Wildman–Crippen MR) is 98.3 cm³/mol. The average molecular weight is 403 g/mol. The van der Waals surface area contributed by atoms with E-state index in [4.69, 9.17) is 0 Å². The summed E-state index contributed by atoms with van der Waals surface area (Å²) in [7, 11) is 0. The predicted octanol–water partition coefficient (Wildman–Crippen LogP) is 3.43. The van der Waals surface area contributed by atoms with E-state index in [1.807, 2.05) is 48.5 Å². The largest absolute Gasteiger partial charge is 0.421 e. The van der Waals surface area contributed by atoms with Gasteiger partial charge in [-0.2, -0.15) is 0 Å². The summed E-state index contributed by atoms with van der Waals surface area (Å²) in [6, 6.07) is 15.1. The van der Waals surface area contributed by atoms with Gasteiger partial charge in [0.05, 0.1) is 12.1 Å². The van der Waals surface area contributed by atoms with Gasteiger partial charge in [-0.05, 0) is 23.8 Å². The van der Waals surface area contributed by atoms with Gasteiger partial charge in [0.2, 0.25) is 0 Å². The van der Waals surface area contributed by atoms with Crippen molar-refractivity contribution in [3.63, 3.8) is 0 Å². The molecule has 1 N–H and O–H groups in total. The Morgan fingerprint density at radius 2 is 1.88 bits per heavy atom. The third-order valence-corrected chi connectivity index (χ3v) is 5.51. The molecular weight excluding hydrogens is 392 g/mol. The van der Waals surface area contributed by atoms with Gasteiger partial charge in [0.1, 0.15) is 4.70 Å². The van der Waals surface area contributed by atoms with Crippen LogP contribution in [0.3, 0.4) is 0 Å². The van der Waals surface area contributed by atoms with Gasteiger partial charge in [-0.25, -0.2) is 4.79 Å². The minimum absolute atomic E-state index is 0.190. The summed E-state index contributed by atoms with van der Waals surface area (Å²) < 4.78 is 3.80. The Labute approximate surface area is 148 Å². The lowest BCUT2D eigenvalue weighted by Gasteiger charge is -2.10. The molecule has 7 heteroatoms. The van der Waals surface area contributed by atoms with Crippen LogP contribution in [0, 0.1) is 0 Å². The maximum Gasteiger partial charge on any atom is 0.365 e. The molecule has 0 spiro atoms. The Balaban J connectivity index is 2.10. The summed E-state index contributed by atoms with van der Waals surface area (Å²) in [5, 5.41) is 10.7. The average Bonchev–Trinajstić information content (AvgIpc) is 2.96. The first-order valence-corrected chi connectivity index (χ1v) is 8.78. The highest BCUT2D eigenvalue weighted by Gasteiger charge is 2.18. The number of rotatable bonds is 2. The van der Waals surface area contributed by atoms with E-state index >= 15 is 0 Å². The van der Waals surface area contributed by atoms with Gasteiger partial charge >= 0.3 is 11.2 Å². The molecular formula is C17H11BrN2O3S. The summed E-state index contributed by atoms with van der Waals surface area (Å²) >= 11 is 4.69. The summed E-state index contributed by atoms with van der Waals surface area (Å²) in [5.74, 6) is 0. The van der Waals surface area contributed by atoms with Crippen molar-refractivity contribution >= 4 is 47.6 Å². The lowest BCUT2D eigenvalue weighted by atomic mass is 10.2. The Bertz CT molecular complexity index is 1210. The Kier molecular flexibility index (Phi) is 3.54. The molecule has 0 fully saturated rings. The molecule has 4 aromatic rings. The van der Waals surface area contributed by atoms with E-state index in [-0.39, 0.29) is 11.3 Å². The summed E-state index contributed by atoms with van der Waals surface area (Å²) in [6.07, 6.45) is 0. The lowest BCUT2D eigenvalue weighted by Crippen LogP contribution is -2.38. The van der Waals surface area contributed by atoms with E-state index in [0.717, 1.165) is 20.1 Å². The molecule has 2 heterocycles. The second kappa shape index (κ2) is 5.61. The molecule has 0 saturated heterocycles. The number of benzene rings is 2. The van der Waals surface area contributed by atoms with Crippen molar-refractivity contribution in [1.29, 1.82) is 0 Å². The fraction of sp³-hybridized carbons (Fsp3) is 0.0588. The number of hydrogen-bond acceptors (Lipinski definition) is 4. The Morgan fingerprint density at radius 3 is 2.67 bits per heavy atom. The van der Waals surface area contributed by atoms with Crippen LogP contribution >= 0.6 is 27.3 Å². The maximum absolute atomic E-state index is 12.5. The topological polar surface area (TPSA) is 64.2 Å². The molecule has 0 radical (unpaired) electrons. The second-order valence-corrected chi connectivity index (χ2v) is 7.36. The molecule has 0 bridgehead atoms. The highest BCUT2D eigenvalue weighted by atomic mass is 79.9. The van der Waals surface area contributed by atoms with E-state index in [9.17, 15) is 14.8 Å². The minimum Gasteiger partial charge on any atom is -0.421 e. The molecule has 120 valence electrons. The summed E-state index contributed by atoms with van der Waals surface area (Å²) in [5.41, 5.74) is 0.0373. The Morgan fingerprint density at radius 1 is 1.08 bits per heavy atom.